The van der Waals surface area contributed by atoms with Crippen LogP contribution in [0.3, 0.4) is 0 Å². The van der Waals surface area contributed by atoms with Crippen LogP contribution in [0.1, 0.15) is 24.9 Å². The summed E-state index contributed by atoms with van der Waals surface area (Å²) >= 11 is 3.55. The second-order valence-corrected chi connectivity index (χ2v) is 6.39. The highest BCUT2D eigenvalue weighted by atomic mass is 79.9. The monoisotopic (exact) mass is 357 g/mol. The maximum absolute atomic E-state index is 6.09. The minimum absolute atomic E-state index is 0.178. The summed E-state index contributed by atoms with van der Waals surface area (Å²) in [5.74, 6) is 0.902. The van der Waals surface area contributed by atoms with Crippen LogP contribution in [0.25, 0.3) is 0 Å². The minimum atomic E-state index is 0.178. The number of ether oxygens (including phenoxy) is 1. The predicted octanol–water partition coefficient (Wildman–Crippen LogP) is 2.73. The average Bonchev–Trinajstić information content (AvgIpc) is 2.45. The highest BCUT2D eigenvalue weighted by Gasteiger charge is 2.22. The molecule has 0 spiro atoms. The lowest BCUT2D eigenvalue weighted by atomic mass is 10.0. The van der Waals surface area contributed by atoms with E-state index in [0.29, 0.717) is 6.54 Å². The van der Waals surface area contributed by atoms with E-state index < -0.39 is 0 Å². The van der Waals surface area contributed by atoms with E-state index in [9.17, 15) is 0 Å². The van der Waals surface area contributed by atoms with Crippen molar-refractivity contribution in [1.29, 1.82) is 0 Å². The topological polar surface area (TPSA) is 41.7 Å². The van der Waals surface area contributed by atoms with Gasteiger partial charge in [-0.15, -0.1) is 0 Å². The number of methoxy groups -OCH3 is 1. The fourth-order valence-electron chi connectivity index (χ4n) is 2.48. The first-order valence-corrected chi connectivity index (χ1v) is 8.25. The second-order valence-electron chi connectivity index (χ2n) is 5.48. The first-order valence-electron chi connectivity index (χ1n) is 7.45. The van der Waals surface area contributed by atoms with Crippen molar-refractivity contribution in [3.05, 3.63) is 28.2 Å². The van der Waals surface area contributed by atoms with Gasteiger partial charge in [0, 0.05) is 29.7 Å². The van der Waals surface area contributed by atoms with Crippen molar-refractivity contribution in [2.75, 3.05) is 47.4 Å². The van der Waals surface area contributed by atoms with Gasteiger partial charge >= 0.3 is 0 Å². The summed E-state index contributed by atoms with van der Waals surface area (Å²) in [6, 6.07) is 6.30. The van der Waals surface area contributed by atoms with Crippen molar-refractivity contribution in [1.82, 2.24) is 9.80 Å². The van der Waals surface area contributed by atoms with E-state index in [1.807, 2.05) is 12.1 Å². The van der Waals surface area contributed by atoms with Gasteiger partial charge in [0.1, 0.15) is 5.75 Å². The van der Waals surface area contributed by atoms with Gasteiger partial charge < -0.3 is 15.4 Å². The first-order chi connectivity index (χ1) is 10.0. The molecule has 0 radical (unpaired) electrons. The molecule has 1 rings (SSSR count). The molecule has 4 nitrogen and oxygen atoms in total. The Labute approximate surface area is 137 Å². The molecular formula is C16H28BrN3O. The van der Waals surface area contributed by atoms with E-state index in [0.717, 1.165) is 41.8 Å². The SMILES string of the molecule is CCCN(CCN(C)C)C(CN)c1cc(Br)ccc1OC. The fraction of sp³-hybridized carbons (Fsp3) is 0.625. The number of nitrogens with zero attached hydrogens (tertiary/aromatic N) is 2. The molecule has 0 amide bonds. The van der Waals surface area contributed by atoms with E-state index in [1.54, 1.807) is 7.11 Å². The number of hydrogen-bond acceptors (Lipinski definition) is 4. The second kappa shape index (κ2) is 9.41. The van der Waals surface area contributed by atoms with Gasteiger partial charge in [0.05, 0.1) is 13.2 Å². The maximum Gasteiger partial charge on any atom is 0.123 e. The molecule has 2 N–H and O–H groups in total. The fourth-order valence-corrected chi connectivity index (χ4v) is 2.86. The van der Waals surface area contributed by atoms with Crippen molar-refractivity contribution in [2.45, 2.75) is 19.4 Å². The molecule has 0 bridgehead atoms. The third-order valence-electron chi connectivity index (χ3n) is 3.56. The number of halogens is 1. The quantitative estimate of drug-likeness (QED) is 0.737. The van der Waals surface area contributed by atoms with Gasteiger partial charge in [-0.1, -0.05) is 22.9 Å². The van der Waals surface area contributed by atoms with Gasteiger partial charge in [0.25, 0.3) is 0 Å². The number of benzene rings is 1. The minimum Gasteiger partial charge on any atom is -0.496 e. The molecule has 5 heteroatoms. The Morgan fingerprint density at radius 3 is 2.48 bits per heavy atom. The molecule has 0 saturated carbocycles. The molecule has 1 atom stereocenters. The molecule has 0 aromatic heterocycles. The highest BCUT2D eigenvalue weighted by molar-refractivity contribution is 9.10. The molecule has 120 valence electrons. The summed E-state index contributed by atoms with van der Waals surface area (Å²) in [5, 5.41) is 0. The van der Waals surface area contributed by atoms with Crippen LogP contribution in [0.15, 0.2) is 22.7 Å². The van der Waals surface area contributed by atoms with Crippen molar-refractivity contribution in [2.24, 2.45) is 5.73 Å². The lowest BCUT2D eigenvalue weighted by Crippen LogP contribution is -2.38. The Morgan fingerprint density at radius 1 is 1.24 bits per heavy atom. The summed E-state index contributed by atoms with van der Waals surface area (Å²) in [5.41, 5.74) is 7.24. The zero-order chi connectivity index (χ0) is 15.8. The average molecular weight is 358 g/mol. The smallest absolute Gasteiger partial charge is 0.123 e. The maximum atomic E-state index is 6.09. The van der Waals surface area contributed by atoms with E-state index in [4.69, 9.17) is 10.5 Å². The van der Waals surface area contributed by atoms with Crippen molar-refractivity contribution in [3.8, 4) is 5.75 Å². The predicted molar refractivity (Wildman–Crippen MR) is 92.9 cm³/mol. The molecule has 0 heterocycles. The van der Waals surface area contributed by atoms with Gasteiger partial charge in [-0.05, 0) is 45.3 Å². The molecule has 0 fully saturated rings. The van der Waals surface area contributed by atoms with Crippen molar-refractivity contribution in [3.63, 3.8) is 0 Å². The summed E-state index contributed by atoms with van der Waals surface area (Å²) in [6.45, 7) is 5.84. The van der Waals surface area contributed by atoms with Crippen LogP contribution in [0.5, 0.6) is 5.75 Å². The summed E-state index contributed by atoms with van der Waals surface area (Å²) in [4.78, 5) is 4.65. The molecule has 0 aliphatic carbocycles. The molecule has 0 aliphatic heterocycles. The molecule has 0 aliphatic rings. The summed E-state index contributed by atoms with van der Waals surface area (Å²) in [7, 11) is 5.91. The lowest BCUT2D eigenvalue weighted by molar-refractivity contribution is 0.179. The van der Waals surface area contributed by atoms with E-state index in [-0.39, 0.29) is 6.04 Å². The number of rotatable bonds is 9. The Morgan fingerprint density at radius 2 is 1.95 bits per heavy atom. The third-order valence-corrected chi connectivity index (χ3v) is 4.05. The summed E-state index contributed by atoms with van der Waals surface area (Å²) in [6.07, 6.45) is 1.11. The van der Waals surface area contributed by atoms with Gasteiger partial charge in [-0.3, -0.25) is 4.90 Å². The lowest BCUT2D eigenvalue weighted by Gasteiger charge is -2.32. The van der Waals surface area contributed by atoms with Gasteiger partial charge in [-0.25, -0.2) is 0 Å². The Bertz CT molecular complexity index is 426. The number of likely N-dealkylation sites (N-methyl/N-ethyl adjacent to an activating group) is 1. The van der Waals surface area contributed by atoms with Crippen LogP contribution in [0, 0.1) is 0 Å². The molecule has 0 saturated heterocycles. The van der Waals surface area contributed by atoms with Crippen LogP contribution in [0.2, 0.25) is 0 Å². The highest BCUT2D eigenvalue weighted by Crippen LogP contribution is 2.31. The molecule has 1 aromatic carbocycles. The zero-order valence-electron chi connectivity index (χ0n) is 13.6. The van der Waals surface area contributed by atoms with Gasteiger partial charge in [-0.2, -0.15) is 0 Å². The van der Waals surface area contributed by atoms with E-state index in [1.165, 1.54) is 0 Å². The van der Waals surface area contributed by atoms with Crippen LogP contribution < -0.4 is 10.5 Å². The first kappa shape index (κ1) is 18.4. The largest absolute Gasteiger partial charge is 0.496 e. The zero-order valence-corrected chi connectivity index (χ0v) is 15.2. The summed E-state index contributed by atoms with van der Waals surface area (Å²) < 4.78 is 6.58. The van der Waals surface area contributed by atoms with Crippen LogP contribution in [0.4, 0.5) is 0 Å². The molecule has 1 aromatic rings. The Balaban J connectivity index is 3.03. The molecular weight excluding hydrogens is 330 g/mol. The molecule has 21 heavy (non-hydrogen) atoms. The Hall–Kier alpha value is -0.620. The standard InChI is InChI=1S/C16H28BrN3O/c1-5-8-20(10-9-19(2)3)15(12-18)14-11-13(17)6-7-16(14)21-4/h6-7,11,15H,5,8-10,12,18H2,1-4H3. The van der Waals surface area contributed by atoms with Gasteiger partial charge in [0.2, 0.25) is 0 Å². The normalized spacial score (nSPS) is 13.0. The Kier molecular flexibility index (Phi) is 8.26. The third kappa shape index (κ3) is 5.58. The van der Waals surface area contributed by atoms with E-state index >= 15 is 0 Å². The van der Waals surface area contributed by atoms with Gasteiger partial charge in [0.15, 0.2) is 0 Å². The van der Waals surface area contributed by atoms with Crippen LogP contribution >= 0.6 is 15.9 Å². The number of nitrogens with two attached hydrogens (primary N) is 1. The van der Waals surface area contributed by atoms with Crippen molar-refractivity contribution >= 4 is 15.9 Å². The molecule has 1 unspecified atom stereocenters. The van der Waals surface area contributed by atoms with Crippen LogP contribution in [-0.4, -0.2) is 57.2 Å². The van der Waals surface area contributed by atoms with E-state index in [2.05, 4.69) is 52.8 Å². The van der Waals surface area contributed by atoms with Crippen molar-refractivity contribution < 1.29 is 4.74 Å². The van der Waals surface area contributed by atoms with Crippen LogP contribution in [-0.2, 0) is 0 Å². The number of hydrogen-bond donors (Lipinski definition) is 1.